The van der Waals surface area contributed by atoms with Crippen LogP contribution < -0.4 is 5.32 Å². The van der Waals surface area contributed by atoms with Crippen LogP contribution in [0.25, 0.3) is 27.7 Å². The molecular weight excluding hydrogens is 366 g/mol. The van der Waals surface area contributed by atoms with Gasteiger partial charge in [0.1, 0.15) is 5.82 Å². The molecule has 0 fully saturated rings. The number of anilines is 1. The van der Waals surface area contributed by atoms with E-state index in [2.05, 4.69) is 59.9 Å². The van der Waals surface area contributed by atoms with Crippen molar-refractivity contribution in [2.45, 2.75) is 26.2 Å². The van der Waals surface area contributed by atoms with E-state index < -0.39 is 0 Å². The van der Waals surface area contributed by atoms with E-state index >= 15 is 0 Å². The first kappa shape index (κ1) is 17.3. The quantitative estimate of drug-likeness (QED) is 0.431. The molecule has 5 rings (SSSR count). The van der Waals surface area contributed by atoms with E-state index in [1.165, 1.54) is 29.2 Å². The van der Waals surface area contributed by atoms with Gasteiger partial charge in [0.05, 0.1) is 11.4 Å². The van der Waals surface area contributed by atoms with Crippen LogP contribution in [0.2, 0.25) is 5.02 Å². The van der Waals surface area contributed by atoms with Crippen molar-refractivity contribution >= 4 is 28.2 Å². The van der Waals surface area contributed by atoms with E-state index in [0.717, 1.165) is 46.3 Å². The zero-order valence-electron chi connectivity index (χ0n) is 15.9. The number of halogens is 1. The largest absolute Gasteiger partial charge is 0.370 e. The average molecular weight is 388 g/mol. The van der Waals surface area contributed by atoms with Gasteiger partial charge in [-0.15, -0.1) is 0 Å². The lowest BCUT2D eigenvalue weighted by Gasteiger charge is -2.10. The number of rotatable bonds is 2. The van der Waals surface area contributed by atoms with Crippen molar-refractivity contribution < 1.29 is 0 Å². The van der Waals surface area contributed by atoms with Crippen LogP contribution in [0.5, 0.6) is 0 Å². The summed E-state index contributed by atoms with van der Waals surface area (Å²) in [6, 6.07) is 21.2. The first-order valence-electron chi connectivity index (χ1n) is 9.82. The number of benzene rings is 3. The zero-order valence-corrected chi connectivity index (χ0v) is 16.6. The van der Waals surface area contributed by atoms with Crippen molar-refractivity contribution in [3.63, 3.8) is 0 Å². The predicted octanol–water partition coefficient (Wildman–Crippen LogP) is 6.40. The van der Waals surface area contributed by atoms with Gasteiger partial charge in [-0.1, -0.05) is 54.1 Å². The molecule has 0 atom stereocenters. The van der Waals surface area contributed by atoms with Gasteiger partial charge < -0.3 is 5.32 Å². The molecule has 1 aliphatic heterocycles. The molecule has 0 unspecified atom stereocenters. The first-order valence-corrected chi connectivity index (χ1v) is 10.2. The van der Waals surface area contributed by atoms with Gasteiger partial charge in [0.25, 0.3) is 0 Å². The Kier molecular flexibility index (Phi) is 4.33. The van der Waals surface area contributed by atoms with Crippen molar-refractivity contribution in [2.24, 2.45) is 0 Å². The van der Waals surface area contributed by atoms with E-state index in [0.29, 0.717) is 0 Å². The number of hydrogen-bond donors (Lipinski definition) is 1. The van der Waals surface area contributed by atoms with Gasteiger partial charge in [-0.25, -0.2) is 4.68 Å². The molecule has 0 spiro atoms. The summed E-state index contributed by atoms with van der Waals surface area (Å²) in [5, 5.41) is 11.9. The molecule has 140 valence electrons. The maximum Gasteiger partial charge on any atom is 0.133 e. The molecule has 1 N–H and O–H groups in total. The van der Waals surface area contributed by atoms with Gasteiger partial charge in [0.15, 0.2) is 0 Å². The highest BCUT2D eigenvalue weighted by Gasteiger charge is 2.22. The monoisotopic (exact) mass is 387 g/mol. The Balaban J connectivity index is 1.71. The standard InChI is InChI=1S/C24H22ClN3/c1-16-9-12-20(15-22(16)25)28-24-21(8-4-5-13-26-24)23(27-28)19-11-10-17-6-2-3-7-18(17)14-19/h2-3,6-7,9-12,14-15,26H,4-5,8,13H2,1H3. The molecule has 2 heterocycles. The summed E-state index contributed by atoms with van der Waals surface area (Å²) in [7, 11) is 0. The van der Waals surface area contributed by atoms with Gasteiger partial charge in [-0.05, 0) is 60.7 Å². The number of nitrogens with one attached hydrogen (secondary N) is 1. The smallest absolute Gasteiger partial charge is 0.133 e. The lowest BCUT2D eigenvalue weighted by molar-refractivity contribution is 0.780. The lowest BCUT2D eigenvalue weighted by Crippen LogP contribution is -2.07. The molecule has 0 saturated carbocycles. The molecule has 3 nitrogen and oxygen atoms in total. The van der Waals surface area contributed by atoms with E-state index in [1.807, 2.05) is 17.7 Å². The number of hydrogen-bond acceptors (Lipinski definition) is 2. The Morgan fingerprint density at radius 3 is 2.68 bits per heavy atom. The molecular formula is C24H22ClN3. The summed E-state index contributed by atoms with van der Waals surface area (Å²) in [5.41, 5.74) is 5.59. The fourth-order valence-electron chi connectivity index (χ4n) is 3.97. The third-order valence-corrected chi connectivity index (χ3v) is 5.96. The second kappa shape index (κ2) is 6.99. The normalized spacial score (nSPS) is 13.8. The van der Waals surface area contributed by atoms with Crippen molar-refractivity contribution in [1.82, 2.24) is 9.78 Å². The van der Waals surface area contributed by atoms with Gasteiger partial charge in [-0.2, -0.15) is 5.10 Å². The van der Waals surface area contributed by atoms with Crippen LogP contribution in [0.1, 0.15) is 24.0 Å². The second-order valence-electron chi connectivity index (χ2n) is 7.47. The number of nitrogens with zero attached hydrogens (tertiary/aromatic N) is 2. The van der Waals surface area contributed by atoms with Gasteiger partial charge in [-0.3, -0.25) is 0 Å². The van der Waals surface area contributed by atoms with Crippen molar-refractivity contribution in [1.29, 1.82) is 0 Å². The average Bonchev–Trinajstić information content (AvgIpc) is 2.91. The summed E-state index contributed by atoms with van der Waals surface area (Å²) >= 11 is 6.41. The molecule has 0 saturated heterocycles. The molecule has 0 amide bonds. The maximum absolute atomic E-state index is 6.41. The third kappa shape index (κ3) is 2.96. The van der Waals surface area contributed by atoms with Crippen LogP contribution in [0, 0.1) is 6.92 Å². The Morgan fingerprint density at radius 1 is 0.964 bits per heavy atom. The lowest BCUT2D eigenvalue weighted by atomic mass is 10.0. The van der Waals surface area contributed by atoms with E-state index in [1.54, 1.807) is 0 Å². The Bertz CT molecular complexity index is 1180. The summed E-state index contributed by atoms with van der Waals surface area (Å²) in [6.07, 6.45) is 3.37. The molecule has 0 bridgehead atoms. The highest BCUT2D eigenvalue weighted by molar-refractivity contribution is 6.31. The minimum absolute atomic E-state index is 0.766. The van der Waals surface area contributed by atoms with E-state index in [4.69, 9.17) is 16.7 Å². The maximum atomic E-state index is 6.41. The van der Waals surface area contributed by atoms with Gasteiger partial charge in [0, 0.05) is 22.7 Å². The Hall–Kier alpha value is -2.78. The Morgan fingerprint density at radius 2 is 1.82 bits per heavy atom. The minimum Gasteiger partial charge on any atom is -0.370 e. The van der Waals surface area contributed by atoms with Gasteiger partial charge in [0.2, 0.25) is 0 Å². The highest BCUT2D eigenvalue weighted by Crippen LogP contribution is 2.35. The number of aryl methyl sites for hydroxylation is 1. The van der Waals surface area contributed by atoms with Crippen LogP contribution in [0.3, 0.4) is 0 Å². The van der Waals surface area contributed by atoms with Crippen LogP contribution in [0.15, 0.2) is 60.7 Å². The van der Waals surface area contributed by atoms with Crippen LogP contribution in [0.4, 0.5) is 5.82 Å². The molecule has 0 aliphatic carbocycles. The summed E-state index contributed by atoms with van der Waals surface area (Å²) in [6.45, 7) is 2.99. The first-order chi connectivity index (χ1) is 13.7. The van der Waals surface area contributed by atoms with Crippen LogP contribution >= 0.6 is 11.6 Å². The van der Waals surface area contributed by atoms with E-state index in [9.17, 15) is 0 Å². The van der Waals surface area contributed by atoms with Gasteiger partial charge >= 0.3 is 0 Å². The number of aromatic nitrogens is 2. The fourth-order valence-corrected chi connectivity index (χ4v) is 4.15. The van der Waals surface area contributed by atoms with Crippen LogP contribution in [-0.2, 0) is 6.42 Å². The third-order valence-electron chi connectivity index (χ3n) is 5.55. The topological polar surface area (TPSA) is 29.9 Å². The fraction of sp³-hybridized carbons (Fsp3) is 0.208. The minimum atomic E-state index is 0.766. The molecule has 1 aliphatic rings. The Labute approximate surface area is 170 Å². The van der Waals surface area contributed by atoms with Crippen LogP contribution in [-0.4, -0.2) is 16.3 Å². The molecule has 4 heteroatoms. The summed E-state index contributed by atoms with van der Waals surface area (Å²) < 4.78 is 2.02. The molecule has 0 radical (unpaired) electrons. The number of fused-ring (bicyclic) bond motifs is 2. The predicted molar refractivity (Wildman–Crippen MR) is 118 cm³/mol. The van der Waals surface area contributed by atoms with Crippen molar-refractivity contribution in [3.8, 4) is 16.9 Å². The summed E-state index contributed by atoms with van der Waals surface area (Å²) in [4.78, 5) is 0. The van der Waals surface area contributed by atoms with E-state index in [-0.39, 0.29) is 0 Å². The molecule has 1 aromatic heterocycles. The highest BCUT2D eigenvalue weighted by atomic mass is 35.5. The second-order valence-corrected chi connectivity index (χ2v) is 7.87. The zero-order chi connectivity index (χ0) is 19.1. The summed E-state index contributed by atoms with van der Waals surface area (Å²) in [5.74, 6) is 1.10. The molecule has 4 aromatic rings. The molecule has 3 aromatic carbocycles. The van der Waals surface area contributed by atoms with Crippen molar-refractivity contribution in [3.05, 3.63) is 76.8 Å². The molecule has 28 heavy (non-hydrogen) atoms. The SMILES string of the molecule is Cc1ccc(-n2nc(-c3ccc4ccccc4c3)c3c2NCCCC3)cc1Cl. The van der Waals surface area contributed by atoms with Crippen molar-refractivity contribution in [2.75, 3.05) is 11.9 Å².